The highest BCUT2D eigenvalue weighted by molar-refractivity contribution is 7.66. The SMILES string of the molecule is O=[P+](O)OP(=O)(O)c1ccc(-c2ccccc2)cc1. The van der Waals surface area contributed by atoms with Crippen LogP contribution < -0.4 is 5.30 Å². The molecule has 0 heterocycles. The third kappa shape index (κ3) is 3.57. The topological polar surface area (TPSA) is 83.8 Å². The van der Waals surface area contributed by atoms with Crippen LogP contribution in [0.3, 0.4) is 0 Å². The molecule has 2 N–H and O–H groups in total. The molecule has 0 amide bonds. The van der Waals surface area contributed by atoms with Crippen LogP contribution in [0.2, 0.25) is 0 Å². The summed E-state index contributed by atoms with van der Waals surface area (Å²) in [4.78, 5) is 18.0. The fourth-order valence-corrected chi connectivity index (χ4v) is 3.28. The minimum absolute atomic E-state index is 0.0235. The highest BCUT2D eigenvalue weighted by Gasteiger charge is 2.34. The smallest absolute Gasteiger partial charge is 0.318 e. The molecule has 0 aliphatic carbocycles. The molecule has 2 atom stereocenters. The normalized spacial score (nSPS) is 14.7. The fraction of sp³-hybridized carbons (Fsp3) is 0. The molecule has 2 aromatic rings. The zero-order chi connectivity index (χ0) is 13.9. The van der Waals surface area contributed by atoms with E-state index >= 15 is 0 Å². The zero-order valence-corrected chi connectivity index (χ0v) is 11.5. The van der Waals surface area contributed by atoms with Crippen molar-refractivity contribution in [3.05, 3.63) is 54.6 Å². The van der Waals surface area contributed by atoms with E-state index in [4.69, 9.17) is 4.89 Å². The molecule has 0 aromatic heterocycles. The molecule has 5 nitrogen and oxygen atoms in total. The summed E-state index contributed by atoms with van der Waals surface area (Å²) in [5.74, 6) is 0. The lowest BCUT2D eigenvalue weighted by molar-refractivity contribution is 0.360. The Hall–Kier alpha value is -1.35. The van der Waals surface area contributed by atoms with Crippen LogP contribution in [-0.2, 0) is 13.4 Å². The maximum Gasteiger partial charge on any atom is 0.703 e. The molecule has 19 heavy (non-hydrogen) atoms. The molecule has 2 aromatic carbocycles. The summed E-state index contributed by atoms with van der Waals surface area (Å²) in [5, 5.41) is -0.0235. The second kappa shape index (κ2) is 5.74. The molecule has 7 heteroatoms. The van der Waals surface area contributed by atoms with Crippen molar-refractivity contribution in [1.29, 1.82) is 0 Å². The Morgan fingerprint density at radius 1 is 0.947 bits per heavy atom. The lowest BCUT2D eigenvalue weighted by atomic mass is 10.1. The molecule has 0 saturated heterocycles. The molecule has 0 bridgehead atoms. The summed E-state index contributed by atoms with van der Waals surface area (Å²) in [6, 6.07) is 15.6. The van der Waals surface area contributed by atoms with Gasteiger partial charge in [-0.15, -0.1) is 4.89 Å². The zero-order valence-electron chi connectivity index (χ0n) is 9.71. The van der Waals surface area contributed by atoms with E-state index in [1.165, 1.54) is 12.1 Å². The molecular weight excluding hydrogens is 286 g/mol. The number of benzene rings is 2. The van der Waals surface area contributed by atoms with E-state index in [-0.39, 0.29) is 5.30 Å². The molecule has 0 radical (unpaired) electrons. The predicted octanol–water partition coefficient (Wildman–Crippen LogP) is 2.83. The van der Waals surface area contributed by atoms with Gasteiger partial charge in [-0.1, -0.05) is 42.5 Å². The van der Waals surface area contributed by atoms with E-state index in [2.05, 4.69) is 4.31 Å². The van der Waals surface area contributed by atoms with E-state index in [9.17, 15) is 14.0 Å². The molecular formula is C12H11O5P2+. The van der Waals surface area contributed by atoms with Gasteiger partial charge in [-0.2, -0.15) is 0 Å². The average molecular weight is 297 g/mol. The maximum atomic E-state index is 11.7. The second-order valence-electron chi connectivity index (χ2n) is 3.75. The van der Waals surface area contributed by atoms with Gasteiger partial charge in [-0.25, -0.2) is 0 Å². The Bertz CT molecular complexity index is 624. The van der Waals surface area contributed by atoms with Crippen molar-refractivity contribution in [1.82, 2.24) is 0 Å². The van der Waals surface area contributed by atoms with Crippen molar-refractivity contribution in [3.8, 4) is 11.1 Å². The van der Waals surface area contributed by atoms with E-state index in [0.717, 1.165) is 11.1 Å². The van der Waals surface area contributed by atoms with Gasteiger partial charge in [0.1, 0.15) is 0 Å². The van der Waals surface area contributed by atoms with Crippen LogP contribution in [-0.4, -0.2) is 9.79 Å². The van der Waals surface area contributed by atoms with Gasteiger partial charge in [0, 0.05) is 4.57 Å². The minimum Gasteiger partial charge on any atom is -0.318 e. The number of rotatable bonds is 4. The Morgan fingerprint density at radius 2 is 1.47 bits per heavy atom. The summed E-state index contributed by atoms with van der Waals surface area (Å²) < 4.78 is 26.3. The summed E-state index contributed by atoms with van der Waals surface area (Å²) in [5.41, 5.74) is 1.84. The third-order valence-electron chi connectivity index (χ3n) is 2.48. The van der Waals surface area contributed by atoms with Crippen LogP contribution in [0.4, 0.5) is 0 Å². The van der Waals surface area contributed by atoms with Gasteiger partial charge in [0.2, 0.25) is 0 Å². The standard InChI is InChI=1S/C12H10O5P2/c13-18(14)17-19(15,16)12-8-6-11(7-9-12)10-4-2-1-3-5-10/h1-9H,(H-,13,14,15,16)/p+1. The Morgan fingerprint density at radius 3 is 2.00 bits per heavy atom. The van der Waals surface area contributed by atoms with Crippen molar-refractivity contribution >= 4 is 21.2 Å². The average Bonchev–Trinajstić information content (AvgIpc) is 2.38. The van der Waals surface area contributed by atoms with Crippen molar-refractivity contribution in [2.75, 3.05) is 0 Å². The van der Waals surface area contributed by atoms with E-state index < -0.39 is 15.9 Å². The van der Waals surface area contributed by atoms with Gasteiger partial charge < -0.3 is 4.89 Å². The Balaban J connectivity index is 2.29. The van der Waals surface area contributed by atoms with Crippen LogP contribution in [0.1, 0.15) is 0 Å². The minimum atomic E-state index is -4.25. The summed E-state index contributed by atoms with van der Waals surface area (Å²) >= 11 is 0. The third-order valence-corrected chi connectivity index (χ3v) is 4.88. The van der Waals surface area contributed by atoms with Crippen molar-refractivity contribution in [2.45, 2.75) is 0 Å². The molecule has 0 spiro atoms. The van der Waals surface area contributed by atoms with Gasteiger partial charge in [-0.05, 0) is 27.6 Å². The molecule has 0 fully saturated rings. The van der Waals surface area contributed by atoms with E-state index in [1.807, 2.05) is 30.3 Å². The van der Waals surface area contributed by atoms with Crippen molar-refractivity contribution < 1.29 is 23.2 Å². The Kier molecular flexibility index (Phi) is 4.25. The van der Waals surface area contributed by atoms with E-state index in [1.54, 1.807) is 12.1 Å². The molecule has 0 aliphatic rings. The van der Waals surface area contributed by atoms with Gasteiger partial charge in [-0.3, -0.25) is 4.57 Å². The molecule has 0 saturated carbocycles. The van der Waals surface area contributed by atoms with Gasteiger partial charge in [0.25, 0.3) is 0 Å². The van der Waals surface area contributed by atoms with Crippen LogP contribution in [0, 0.1) is 0 Å². The van der Waals surface area contributed by atoms with Crippen LogP contribution in [0.25, 0.3) is 11.1 Å². The van der Waals surface area contributed by atoms with Crippen molar-refractivity contribution in [2.24, 2.45) is 0 Å². The Labute approximate surface area is 111 Å². The first-order chi connectivity index (χ1) is 8.99. The summed E-state index contributed by atoms with van der Waals surface area (Å²) in [6.45, 7) is 0. The lowest BCUT2D eigenvalue weighted by Gasteiger charge is -2.05. The largest absolute Gasteiger partial charge is 0.703 e. The van der Waals surface area contributed by atoms with Crippen molar-refractivity contribution in [3.63, 3.8) is 0 Å². The molecule has 2 unspecified atom stereocenters. The monoisotopic (exact) mass is 297 g/mol. The predicted molar refractivity (Wildman–Crippen MR) is 72.2 cm³/mol. The quantitative estimate of drug-likeness (QED) is 0.848. The van der Waals surface area contributed by atoms with Gasteiger partial charge >= 0.3 is 15.9 Å². The summed E-state index contributed by atoms with van der Waals surface area (Å²) in [7, 11) is -7.37. The summed E-state index contributed by atoms with van der Waals surface area (Å²) in [6.07, 6.45) is 0. The molecule has 2 rings (SSSR count). The van der Waals surface area contributed by atoms with Gasteiger partial charge in [0.15, 0.2) is 0 Å². The fourth-order valence-electron chi connectivity index (χ4n) is 1.61. The number of hydrogen-bond acceptors (Lipinski definition) is 3. The van der Waals surface area contributed by atoms with Gasteiger partial charge in [0.05, 0.1) is 5.30 Å². The van der Waals surface area contributed by atoms with Crippen LogP contribution >= 0.6 is 15.9 Å². The molecule has 0 aliphatic heterocycles. The van der Waals surface area contributed by atoms with Crippen LogP contribution in [0.15, 0.2) is 54.6 Å². The number of hydrogen-bond donors (Lipinski definition) is 2. The maximum absolute atomic E-state index is 11.7. The van der Waals surface area contributed by atoms with E-state index in [0.29, 0.717) is 0 Å². The first kappa shape index (κ1) is 14.1. The molecule has 98 valence electrons. The second-order valence-corrected chi connectivity index (χ2v) is 6.44. The highest BCUT2D eigenvalue weighted by atomic mass is 31.2. The van der Waals surface area contributed by atoms with Crippen LogP contribution in [0.5, 0.6) is 0 Å². The first-order valence-corrected chi connectivity index (χ1v) is 8.04. The first-order valence-electron chi connectivity index (χ1n) is 5.34. The highest BCUT2D eigenvalue weighted by Crippen LogP contribution is 2.48. The lowest BCUT2D eigenvalue weighted by Crippen LogP contribution is -2.04.